The second-order valence-electron chi connectivity index (χ2n) is 4.37. The van der Waals surface area contributed by atoms with Crippen molar-refractivity contribution in [3.63, 3.8) is 0 Å². The summed E-state index contributed by atoms with van der Waals surface area (Å²) in [5.41, 5.74) is 1.55. The molecule has 0 heterocycles. The zero-order chi connectivity index (χ0) is 15.4. The van der Waals surface area contributed by atoms with Crippen LogP contribution in [0.15, 0.2) is 36.4 Å². The third-order valence-electron chi connectivity index (χ3n) is 2.89. The molecule has 0 amide bonds. The monoisotopic (exact) mass is 402 g/mol. The average molecular weight is 402 g/mol. The number of nitrogens with zero attached hydrogens (tertiary/aromatic N) is 1. The van der Waals surface area contributed by atoms with E-state index in [1.54, 1.807) is 40.8 Å². The molecule has 0 unspecified atom stereocenters. The molecule has 2 N–H and O–H groups in total. The number of halogens is 2. The van der Waals surface area contributed by atoms with Crippen LogP contribution in [0, 0.1) is 19.5 Å². The maximum Gasteiger partial charge on any atom is 0.293 e. The largest absolute Gasteiger partial charge is 0.392 e. The van der Waals surface area contributed by atoms with Crippen LogP contribution in [0.4, 0.5) is 15.8 Å². The van der Waals surface area contributed by atoms with E-state index in [1.807, 2.05) is 6.07 Å². The first-order chi connectivity index (χ1) is 10.0. The lowest BCUT2D eigenvalue weighted by molar-refractivity contribution is -0.384. The van der Waals surface area contributed by atoms with E-state index in [-0.39, 0.29) is 21.6 Å². The van der Waals surface area contributed by atoms with E-state index in [2.05, 4.69) is 5.32 Å². The molecule has 5 nitrogen and oxygen atoms in total. The molecule has 0 aromatic heterocycles. The lowest BCUT2D eigenvalue weighted by atomic mass is 10.1. The number of rotatable bonds is 5. The van der Waals surface area contributed by atoms with E-state index in [9.17, 15) is 14.5 Å². The Labute approximate surface area is 134 Å². The smallest absolute Gasteiger partial charge is 0.293 e. The predicted octanol–water partition coefficient (Wildman–Crippen LogP) is 3.44. The molecule has 0 saturated heterocycles. The van der Waals surface area contributed by atoms with Gasteiger partial charge in [0.25, 0.3) is 5.69 Å². The molecular weight excluding hydrogens is 390 g/mol. The number of anilines is 1. The van der Waals surface area contributed by atoms with E-state index in [1.165, 1.54) is 6.07 Å². The second kappa shape index (κ2) is 6.81. The summed E-state index contributed by atoms with van der Waals surface area (Å²) in [4.78, 5) is 10.5. The van der Waals surface area contributed by atoms with Crippen molar-refractivity contribution in [2.24, 2.45) is 0 Å². The Morgan fingerprint density at radius 2 is 2.00 bits per heavy atom. The Morgan fingerprint density at radius 1 is 1.29 bits per heavy atom. The van der Waals surface area contributed by atoms with Crippen molar-refractivity contribution in [2.45, 2.75) is 13.2 Å². The van der Waals surface area contributed by atoms with Crippen molar-refractivity contribution in [3.8, 4) is 0 Å². The molecule has 0 radical (unpaired) electrons. The fourth-order valence-electron chi connectivity index (χ4n) is 1.86. The number of hydrogen-bond donors (Lipinski definition) is 2. The van der Waals surface area contributed by atoms with Gasteiger partial charge in [0, 0.05) is 18.7 Å². The summed E-state index contributed by atoms with van der Waals surface area (Å²) in [6.07, 6.45) is 0. The highest BCUT2D eigenvalue weighted by atomic mass is 127. The zero-order valence-electron chi connectivity index (χ0n) is 10.8. The maximum absolute atomic E-state index is 13.6. The summed E-state index contributed by atoms with van der Waals surface area (Å²) in [5, 5.41) is 22.9. The van der Waals surface area contributed by atoms with Crippen LogP contribution in [0.25, 0.3) is 0 Å². The first kappa shape index (κ1) is 15.6. The molecule has 7 heteroatoms. The molecule has 2 aromatic rings. The van der Waals surface area contributed by atoms with E-state index in [4.69, 9.17) is 5.11 Å². The van der Waals surface area contributed by atoms with Crippen LogP contribution in [0.1, 0.15) is 11.1 Å². The molecule has 0 saturated carbocycles. The minimum atomic E-state index is -0.548. The fourth-order valence-corrected chi connectivity index (χ4v) is 2.31. The molecule has 0 aliphatic rings. The predicted molar refractivity (Wildman–Crippen MR) is 85.5 cm³/mol. The second-order valence-corrected chi connectivity index (χ2v) is 5.53. The average Bonchev–Trinajstić information content (AvgIpc) is 2.48. The van der Waals surface area contributed by atoms with Gasteiger partial charge in [-0.05, 0) is 33.7 Å². The Bertz CT molecular complexity index is 679. The lowest BCUT2D eigenvalue weighted by Gasteiger charge is -2.09. The van der Waals surface area contributed by atoms with Gasteiger partial charge in [-0.2, -0.15) is 0 Å². The maximum atomic E-state index is 13.6. The first-order valence-electron chi connectivity index (χ1n) is 6.07. The van der Waals surface area contributed by atoms with Crippen LogP contribution < -0.4 is 5.32 Å². The minimum Gasteiger partial charge on any atom is -0.392 e. The molecule has 0 fully saturated rings. The van der Waals surface area contributed by atoms with E-state index < -0.39 is 10.7 Å². The van der Waals surface area contributed by atoms with Gasteiger partial charge in [-0.3, -0.25) is 10.1 Å². The summed E-state index contributed by atoms with van der Waals surface area (Å²) in [6, 6.07) is 9.48. The molecule has 2 aromatic carbocycles. The number of aliphatic hydroxyl groups is 1. The first-order valence-corrected chi connectivity index (χ1v) is 7.15. The molecule has 110 valence electrons. The van der Waals surface area contributed by atoms with Gasteiger partial charge in [0.2, 0.25) is 0 Å². The van der Waals surface area contributed by atoms with Crippen LogP contribution in [0.3, 0.4) is 0 Å². The van der Waals surface area contributed by atoms with Gasteiger partial charge in [-0.15, -0.1) is 0 Å². The van der Waals surface area contributed by atoms with E-state index in [0.717, 1.165) is 17.2 Å². The molecule has 2 rings (SSSR count). The Kier molecular flexibility index (Phi) is 5.07. The highest BCUT2D eigenvalue weighted by Crippen LogP contribution is 2.29. The van der Waals surface area contributed by atoms with Crippen LogP contribution >= 0.6 is 22.6 Å². The number of nitro benzene ring substituents is 1. The van der Waals surface area contributed by atoms with Crippen LogP contribution in [-0.2, 0) is 13.2 Å². The van der Waals surface area contributed by atoms with Gasteiger partial charge in [0.1, 0.15) is 11.5 Å². The minimum absolute atomic E-state index is 0.0772. The normalized spacial score (nSPS) is 10.4. The Hall–Kier alpha value is -1.74. The van der Waals surface area contributed by atoms with Gasteiger partial charge < -0.3 is 10.4 Å². The van der Waals surface area contributed by atoms with Crippen molar-refractivity contribution in [2.75, 3.05) is 5.32 Å². The third-order valence-corrected chi connectivity index (χ3v) is 3.72. The number of hydrogen-bond acceptors (Lipinski definition) is 4. The molecule has 0 aliphatic carbocycles. The van der Waals surface area contributed by atoms with Gasteiger partial charge in [-0.25, -0.2) is 4.39 Å². The highest BCUT2D eigenvalue weighted by Gasteiger charge is 2.17. The SMILES string of the molecule is O=[N+]([O-])c1cc(I)c(F)cc1NCc1cccc(CO)c1. The van der Waals surface area contributed by atoms with Crippen LogP contribution in [-0.4, -0.2) is 10.0 Å². The van der Waals surface area contributed by atoms with Crippen molar-refractivity contribution in [3.05, 3.63) is 67.0 Å². The van der Waals surface area contributed by atoms with Gasteiger partial charge in [-0.1, -0.05) is 24.3 Å². The third kappa shape index (κ3) is 3.88. The summed E-state index contributed by atoms with van der Waals surface area (Å²) < 4.78 is 13.8. The van der Waals surface area contributed by atoms with Crippen molar-refractivity contribution < 1.29 is 14.4 Å². The zero-order valence-corrected chi connectivity index (χ0v) is 13.0. The van der Waals surface area contributed by atoms with Gasteiger partial charge in [0.15, 0.2) is 0 Å². The summed E-state index contributed by atoms with van der Waals surface area (Å²) in [5.74, 6) is -0.507. The lowest BCUT2D eigenvalue weighted by Crippen LogP contribution is -2.04. The number of nitrogens with one attached hydrogen (secondary N) is 1. The van der Waals surface area contributed by atoms with Gasteiger partial charge in [0.05, 0.1) is 15.1 Å². The van der Waals surface area contributed by atoms with Crippen LogP contribution in [0.5, 0.6) is 0 Å². The Balaban J connectivity index is 2.22. The molecule has 0 aliphatic heterocycles. The van der Waals surface area contributed by atoms with Crippen molar-refractivity contribution >= 4 is 34.0 Å². The van der Waals surface area contributed by atoms with E-state index in [0.29, 0.717) is 6.54 Å². The number of aliphatic hydroxyl groups excluding tert-OH is 1. The number of benzene rings is 2. The summed E-state index contributed by atoms with van der Waals surface area (Å²) in [7, 11) is 0. The quantitative estimate of drug-likeness (QED) is 0.457. The van der Waals surface area contributed by atoms with Crippen molar-refractivity contribution in [1.82, 2.24) is 0 Å². The fraction of sp³-hybridized carbons (Fsp3) is 0.143. The molecule has 21 heavy (non-hydrogen) atoms. The molecule has 0 bridgehead atoms. The topological polar surface area (TPSA) is 75.4 Å². The van der Waals surface area contributed by atoms with E-state index >= 15 is 0 Å². The standard InChI is InChI=1S/C14H12FIN2O3/c15-11-5-13(14(18(20)21)6-12(11)16)17-7-9-2-1-3-10(4-9)8-19/h1-6,17,19H,7-8H2. The molecule has 0 atom stereocenters. The summed E-state index contributed by atoms with van der Waals surface area (Å²) in [6.45, 7) is 0.223. The molecule has 0 spiro atoms. The van der Waals surface area contributed by atoms with Crippen molar-refractivity contribution in [1.29, 1.82) is 0 Å². The Morgan fingerprint density at radius 3 is 2.67 bits per heavy atom. The highest BCUT2D eigenvalue weighted by molar-refractivity contribution is 14.1. The van der Waals surface area contributed by atoms with Gasteiger partial charge >= 0.3 is 0 Å². The molecular formula is C14H12FIN2O3. The summed E-state index contributed by atoms with van der Waals surface area (Å²) >= 11 is 1.71. The van der Waals surface area contributed by atoms with Crippen LogP contribution in [0.2, 0.25) is 0 Å². The number of nitro groups is 1.